The summed E-state index contributed by atoms with van der Waals surface area (Å²) in [7, 11) is 0. The molecule has 0 saturated carbocycles. The van der Waals surface area contributed by atoms with Crippen molar-refractivity contribution in [1.82, 2.24) is 4.98 Å². The second-order valence-electron chi connectivity index (χ2n) is 2.17. The predicted octanol–water partition coefficient (Wildman–Crippen LogP) is 3.14. The summed E-state index contributed by atoms with van der Waals surface area (Å²) in [6.45, 7) is 2.18. The van der Waals surface area contributed by atoms with Gasteiger partial charge in [0.2, 0.25) is 0 Å². The van der Waals surface area contributed by atoms with Crippen LogP contribution in [0.2, 0.25) is 5.15 Å². The van der Waals surface area contributed by atoms with Gasteiger partial charge in [-0.2, -0.15) is 0 Å². The summed E-state index contributed by atoms with van der Waals surface area (Å²) in [6, 6.07) is 0. The van der Waals surface area contributed by atoms with Gasteiger partial charge in [0, 0.05) is 5.38 Å². The molecule has 1 rings (SSSR count). The second-order valence-corrected chi connectivity index (χ2v) is 3.50. The van der Waals surface area contributed by atoms with E-state index in [9.17, 15) is 0 Å². The van der Waals surface area contributed by atoms with Crippen LogP contribution in [0.15, 0.2) is 5.38 Å². The molecule has 1 nitrogen and oxygen atoms in total. The highest BCUT2D eigenvalue weighted by Crippen LogP contribution is 2.15. The van der Waals surface area contributed by atoms with Crippen LogP contribution in [0, 0.1) is 0 Å². The van der Waals surface area contributed by atoms with Gasteiger partial charge in [0.15, 0.2) is 0 Å². The number of nitrogens with zero attached hydrogens (tertiary/aromatic N) is 1. The fourth-order valence-corrected chi connectivity index (χ4v) is 1.72. The summed E-state index contributed by atoms with van der Waals surface area (Å²) in [6.07, 6.45) is 3.51. The van der Waals surface area contributed by atoms with E-state index in [4.69, 9.17) is 11.6 Å². The molecule has 10 heavy (non-hydrogen) atoms. The summed E-state index contributed by atoms with van der Waals surface area (Å²) in [4.78, 5) is 4.13. The molecule has 0 spiro atoms. The molecule has 1 aromatic rings. The van der Waals surface area contributed by atoms with Crippen LogP contribution in [-0.4, -0.2) is 4.98 Å². The van der Waals surface area contributed by atoms with Crippen LogP contribution >= 0.6 is 22.9 Å². The molecule has 0 radical (unpaired) electrons. The predicted molar refractivity (Wildman–Crippen MR) is 45.7 cm³/mol. The van der Waals surface area contributed by atoms with Crippen molar-refractivity contribution < 1.29 is 0 Å². The number of aryl methyl sites for hydroxylation is 1. The molecule has 0 amide bonds. The molecule has 0 aliphatic rings. The van der Waals surface area contributed by atoms with Crippen LogP contribution in [0.5, 0.6) is 0 Å². The van der Waals surface area contributed by atoms with Crippen molar-refractivity contribution in [1.29, 1.82) is 0 Å². The molecule has 0 aliphatic carbocycles. The van der Waals surface area contributed by atoms with Gasteiger partial charge in [-0.3, -0.25) is 0 Å². The van der Waals surface area contributed by atoms with Crippen molar-refractivity contribution in [2.45, 2.75) is 26.2 Å². The summed E-state index contributed by atoms with van der Waals surface area (Å²) in [5.41, 5.74) is 0. The quantitative estimate of drug-likeness (QED) is 0.688. The number of halogens is 1. The second kappa shape index (κ2) is 3.94. The van der Waals surface area contributed by atoms with E-state index in [1.807, 2.05) is 5.38 Å². The number of hydrogen-bond acceptors (Lipinski definition) is 2. The molecule has 0 saturated heterocycles. The monoisotopic (exact) mass is 175 g/mol. The highest BCUT2D eigenvalue weighted by atomic mass is 35.5. The van der Waals surface area contributed by atoms with Gasteiger partial charge in [-0.1, -0.05) is 24.9 Å². The molecule has 0 bridgehead atoms. The fourth-order valence-electron chi connectivity index (χ4n) is 0.731. The Morgan fingerprint density at radius 1 is 1.70 bits per heavy atom. The smallest absolute Gasteiger partial charge is 0.140 e. The lowest BCUT2D eigenvalue weighted by Crippen LogP contribution is -1.80. The van der Waals surface area contributed by atoms with Crippen molar-refractivity contribution in [3.05, 3.63) is 15.5 Å². The Morgan fingerprint density at radius 3 is 3.00 bits per heavy atom. The van der Waals surface area contributed by atoms with E-state index >= 15 is 0 Å². The fraction of sp³-hybridized carbons (Fsp3) is 0.571. The zero-order valence-corrected chi connectivity index (χ0v) is 7.50. The highest BCUT2D eigenvalue weighted by molar-refractivity contribution is 7.10. The summed E-state index contributed by atoms with van der Waals surface area (Å²) in [5.74, 6) is 0. The molecule has 0 N–H and O–H groups in total. The van der Waals surface area contributed by atoms with Crippen molar-refractivity contribution in [2.24, 2.45) is 0 Å². The van der Waals surface area contributed by atoms with Gasteiger partial charge in [-0.25, -0.2) is 4.98 Å². The Labute approximate surface area is 70.1 Å². The first kappa shape index (κ1) is 8.02. The average molecular weight is 176 g/mol. The number of hydrogen-bond donors (Lipinski definition) is 0. The van der Waals surface area contributed by atoms with Crippen molar-refractivity contribution in [3.8, 4) is 0 Å². The van der Waals surface area contributed by atoms with Gasteiger partial charge in [-0.15, -0.1) is 11.3 Å². The number of rotatable bonds is 3. The van der Waals surface area contributed by atoms with Gasteiger partial charge in [-0.05, 0) is 12.8 Å². The zero-order valence-electron chi connectivity index (χ0n) is 5.93. The van der Waals surface area contributed by atoms with Crippen molar-refractivity contribution in [3.63, 3.8) is 0 Å². The highest BCUT2D eigenvalue weighted by Gasteiger charge is 1.97. The Balaban J connectivity index is 2.42. The van der Waals surface area contributed by atoms with E-state index in [-0.39, 0.29) is 0 Å². The zero-order chi connectivity index (χ0) is 7.40. The largest absolute Gasteiger partial charge is 0.230 e. The first-order valence-corrected chi connectivity index (χ1v) is 4.68. The van der Waals surface area contributed by atoms with Gasteiger partial charge in [0.05, 0.1) is 5.01 Å². The summed E-state index contributed by atoms with van der Waals surface area (Å²) in [5, 5.41) is 3.68. The molecule has 0 aliphatic heterocycles. The average Bonchev–Trinajstić information content (AvgIpc) is 2.31. The molecule has 0 fully saturated rings. The number of aromatic nitrogens is 1. The van der Waals surface area contributed by atoms with Gasteiger partial charge in [0.1, 0.15) is 5.15 Å². The molecular weight excluding hydrogens is 166 g/mol. The maximum Gasteiger partial charge on any atom is 0.140 e. The minimum atomic E-state index is 0.635. The third-order valence-corrected chi connectivity index (χ3v) is 2.50. The van der Waals surface area contributed by atoms with Crippen LogP contribution in [0.4, 0.5) is 0 Å². The Hall–Kier alpha value is -0.0800. The van der Waals surface area contributed by atoms with E-state index in [1.54, 1.807) is 11.3 Å². The Bertz CT molecular complexity index is 197. The van der Waals surface area contributed by atoms with Crippen molar-refractivity contribution in [2.75, 3.05) is 0 Å². The first-order valence-electron chi connectivity index (χ1n) is 3.43. The lowest BCUT2D eigenvalue weighted by atomic mass is 10.3. The SMILES string of the molecule is CCCCc1nc(Cl)cs1. The lowest BCUT2D eigenvalue weighted by molar-refractivity contribution is 0.790. The summed E-state index contributed by atoms with van der Waals surface area (Å²) >= 11 is 7.29. The van der Waals surface area contributed by atoms with E-state index in [0.29, 0.717) is 5.15 Å². The van der Waals surface area contributed by atoms with Crippen LogP contribution < -0.4 is 0 Å². The third-order valence-electron chi connectivity index (χ3n) is 1.27. The molecule has 1 aromatic heterocycles. The summed E-state index contributed by atoms with van der Waals surface area (Å²) < 4.78 is 0. The maximum absolute atomic E-state index is 5.64. The Morgan fingerprint density at radius 2 is 2.50 bits per heavy atom. The van der Waals surface area contributed by atoms with E-state index < -0.39 is 0 Å². The van der Waals surface area contributed by atoms with Crippen LogP contribution in [0.1, 0.15) is 24.8 Å². The van der Waals surface area contributed by atoms with Crippen molar-refractivity contribution >= 4 is 22.9 Å². The molecule has 0 atom stereocenters. The van der Waals surface area contributed by atoms with Gasteiger partial charge >= 0.3 is 0 Å². The molecule has 56 valence electrons. The van der Waals surface area contributed by atoms with E-state index in [1.165, 1.54) is 12.8 Å². The van der Waals surface area contributed by atoms with E-state index in [0.717, 1.165) is 11.4 Å². The maximum atomic E-state index is 5.64. The minimum Gasteiger partial charge on any atom is -0.230 e. The topological polar surface area (TPSA) is 12.9 Å². The molecule has 0 aromatic carbocycles. The minimum absolute atomic E-state index is 0.635. The molecule has 3 heteroatoms. The molecule has 0 unspecified atom stereocenters. The van der Waals surface area contributed by atoms with Crippen LogP contribution in [0.25, 0.3) is 0 Å². The van der Waals surface area contributed by atoms with Crippen LogP contribution in [0.3, 0.4) is 0 Å². The molecule has 1 heterocycles. The molecular formula is C7H10ClNS. The standard InChI is InChI=1S/C7H10ClNS/c1-2-3-4-7-9-6(8)5-10-7/h5H,2-4H2,1H3. The number of unbranched alkanes of at least 4 members (excludes halogenated alkanes) is 1. The third kappa shape index (κ3) is 2.27. The number of thiazole rings is 1. The van der Waals surface area contributed by atoms with Gasteiger partial charge in [0.25, 0.3) is 0 Å². The Kier molecular flexibility index (Phi) is 3.16. The lowest BCUT2D eigenvalue weighted by Gasteiger charge is -1.89. The van der Waals surface area contributed by atoms with Gasteiger partial charge < -0.3 is 0 Å². The normalized spacial score (nSPS) is 10.2. The van der Waals surface area contributed by atoms with Crippen LogP contribution in [-0.2, 0) is 6.42 Å². The van der Waals surface area contributed by atoms with E-state index in [2.05, 4.69) is 11.9 Å². The first-order chi connectivity index (χ1) is 4.83.